The fourth-order valence-electron chi connectivity index (χ4n) is 4.66. The summed E-state index contributed by atoms with van der Waals surface area (Å²) in [6.07, 6.45) is 6.42. The van der Waals surface area contributed by atoms with E-state index in [9.17, 15) is 18.0 Å². The monoisotopic (exact) mass is 465 g/mol. The van der Waals surface area contributed by atoms with Gasteiger partial charge in [0.25, 0.3) is 0 Å². The summed E-state index contributed by atoms with van der Waals surface area (Å²) in [6.45, 7) is 4.92. The van der Waals surface area contributed by atoms with Gasteiger partial charge < -0.3 is 10.2 Å². The Balaban J connectivity index is 1.31. The lowest BCUT2D eigenvalue weighted by atomic mass is 9.94. The molecule has 1 saturated carbocycles. The number of anilines is 1. The fourth-order valence-corrected chi connectivity index (χ4v) is 6.84. The number of hydrogen-bond donors (Lipinski definition) is 1. The van der Waals surface area contributed by atoms with Crippen LogP contribution in [0.2, 0.25) is 0 Å². The van der Waals surface area contributed by atoms with Gasteiger partial charge in [0.2, 0.25) is 11.8 Å². The van der Waals surface area contributed by atoms with E-state index in [1.54, 1.807) is 17.0 Å². The molecule has 2 aliphatic heterocycles. The number of amides is 2. The minimum Gasteiger partial charge on any atom is -0.340 e. The number of piperazine rings is 1. The second kappa shape index (κ2) is 9.50. The van der Waals surface area contributed by atoms with Crippen LogP contribution in [-0.4, -0.2) is 73.3 Å². The van der Waals surface area contributed by atoms with Gasteiger partial charge in [0.1, 0.15) is 0 Å². The van der Waals surface area contributed by atoms with E-state index in [1.165, 1.54) is 49.9 Å². The van der Waals surface area contributed by atoms with E-state index in [-0.39, 0.29) is 34.1 Å². The SMILES string of the molecule is CC1Sc2ccc(S(=O)(=O)CCC(=O)N3CCN(C4CCCCC4)CC3)cc2NC1=O. The van der Waals surface area contributed by atoms with Crippen molar-refractivity contribution < 1.29 is 18.0 Å². The minimum absolute atomic E-state index is 0.0129. The van der Waals surface area contributed by atoms with Gasteiger partial charge in [0, 0.05) is 43.5 Å². The predicted molar refractivity (Wildman–Crippen MR) is 122 cm³/mol. The van der Waals surface area contributed by atoms with Crippen molar-refractivity contribution in [2.45, 2.75) is 66.5 Å². The zero-order valence-electron chi connectivity index (χ0n) is 18.0. The van der Waals surface area contributed by atoms with Gasteiger partial charge >= 0.3 is 0 Å². The minimum atomic E-state index is -3.60. The van der Waals surface area contributed by atoms with Crippen LogP contribution in [0.15, 0.2) is 28.0 Å². The lowest BCUT2D eigenvalue weighted by molar-refractivity contribution is -0.133. The van der Waals surface area contributed by atoms with Gasteiger partial charge in [-0.25, -0.2) is 8.42 Å². The van der Waals surface area contributed by atoms with E-state index in [0.717, 1.165) is 18.0 Å². The molecular formula is C22H31N3O4S2. The highest BCUT2D eigenvalue weighted by Gasteiger charge is 2.29. The molecule has 1 N–H and O–H groups in total. The molecule has 3 aliphatic rings. The Morgan fingerprint density at radius 2 is 1.84 bits per heavy atom. The van der Waals surface area contributed by atoms with Gasteiger partial charge in [0.05, 0.1) is 21.6 Å². The molecule has 2 heterocycles. The van der Waals surface area contributed by atoms with Crippen molar-refractivity contribution in [2.24, 2.45) is 0 Å². The molecule has 170 valence electrons. The summed E-state index contributed by atoms with van der Waals surface area (Å²) in [4.78, 5) is 29.9. The van der Waals surface area contributed by atoms with Crippen molar-refractivity contribution in [3.63, 3.8) is 0 Å². The first kappa shape index (κ1) is 22.6. The van der Waals surface area contributed by atoms with Crippen molar-refractivity contribution in [3.8, 4) is 0 Å². The maximum absolute atomic E-state index is 12.8. The molecule has 0 radical (unpaired) electrons. The number of benzene rings is 1. The average molecular weight is 466 g/mol. The third-order valence-corrected chi connectivity index (χ3v) is 9.48. The van der Waals surface area contributed by atoms with Gasteiger partial charge in [-0.2, -0.15) is 0 Å². The first-order chi connectivity index (χ1) is 14.8. The highest BCUT2D eigenvalue weighted by atomic mass is 32.2. The molecule has 1 unspecified atom stereocenters. The average Bonchev–Trinajstić information content (AvgIpc) is 2.78. The van der Waals surface area contributed by atoms with Gasteiger partial charge in [-0.05, 0) is 38.0 Å². The number of thioether (sulfide) groups is 1. The van der Waals surface area contributed by atoms with Gasteiger partial charge in [0.15, 0.2) is 9.84 Å². The summed E-state index contributed by atoms with van der Waals surface area (Å²) in [7, 11) is -3.60. The highest BCUT2D eigenvalue weighted by Crippen LogP contribution is 2.37. The lowest BCUT2D eigenvalue weighted by Gasteiger charge is -2.40. The fraction of sp³-hybridized carbons (Fsp3) is 0.636. The first-order valence-electron chi connectivity index (χ1n) is 11.2. The molecule has 1 aromatic rings. The maximum atomic E-state index is 12.8. The molecular weight excluding hydrogens is 434 g/mol. The van der Waals surface area contributed by atoms with Crippen LogP contribution in [0.5, 0.6) is 0 Å². The zero-order chi connectivity index (χ0) is 22.0. The highest BCUT2D eigenvalue weighted by molar-refractivity contribution is 8.01. The van der Waals surface area contributed by atoms with Crippen LogP contribution < -0.4 is 5.32 Å². The van der Waals surface area contributed by atoms with Crippen molar-refractivity contribution in [3.05, 3.63) is 18.2 Å². The van der Waals surface area contributed by atoms with Crippen LogP contribution in [-0.2, 0) is 19.4 Å². The van der Waals surface area contributed by atoms with E-state index in [1.807, 2.05) is 6.92 Å². The number of hydrogen-bond acceptors (Lipinski definition) is 6. The Morgan fingerprint density at radius 1 is 1.13 bits per heavy atom. The second-order valence-electron chi connectivity index (χ2n) is 8.68. The number of carbonyl (C=O) groups excluding carboxylic acids is 2. The number of sulfone groups is 1. The number of fused-ring (bicyclic) bond motifs is 1. The number of nitrogens with one attached hydrogen (secondary N) is 1. The van der Waals surface area contributed by atoms with Crippen LogP contribution in [0, 0.1) is 0 Å². The standard InChI is InChI=1S/C22H31N3O4S2/c1-16-22(27)23-19-15-18(7-8-20(19)30-16)31(28,29)14-9-21(26)25-12-10-24(11-13-25)17-5-3-2-4-6-17/h7-8,15-17H,2-6,9-14H2,1H3,(H,23,27). The quantitative estimate of drug-likeness (QED) is 0.720. The first-order valence-corrected chi connectivity index (χ1v) is 13.7. The molecule has 1 aliphatic carbocycles. The molecule has 7 nitrogen and oxygen atoms in total. The zero-order valence-corrected chi connectivity index (χ0v) is 19.6. The van der Waals surface area contributed by atoms with Gasteiger partial charge in [-0.3, -0.25) is 14.5 Å². The topological polar surface area (TPSA) is 86.8 Å². The van der Waals surface area contributed by atoms with Gasteiger partial charge in [-0.1, -0.05) is 19.3 Å². The van der Waals surface area contributed by atoms with Crippen molar-refractivity contribution in [2.75, 3.05) is 37.2 Å². The molecule has 0 bridgehead atoms. The predicted octanol–water partition coefficient (Wildman–Crippen LogP) is 2.76. The Hall–Kier alpha value is -1.58. The summed E-state index contributed by atoms with van der Waals surface area (Å²) in [5.41, 5.74) is 0.527. The molecule has 0 spiro atoms. The largest absolute Gasteiger partial charge is 0.340 e. The molecule has 9 heteroatoms. The van der Waals surface area contributed by atoms with E-state index in [2.05, 4.69) is 10.2 Å². The molecule has 2 fully saturated rings. The molecule has 1 saturated heterocycles. The molecule has 2 amide bonds. The summed E-state index contributed by atoms with van der Waals surface area (Å²) in [5, 5.41) is 2.56. The van der Waals surface area contributed by atoms with E-state index < -0.39 is 9.84 Å². The van der Waals surface area contributed by atoms with Crippen LogP contribution in [0.3, 0.4) is 0 Å². The molecule has 0 aromatic heterocycles. The van der Waals surface area contributed by atoms with Crippen LogP contribution >= 0.6 is 11.8 Å². The van der Waals surface area contributed by atoms with Crippen LogP contribution in [0.4, 0.5) is 5.69 Å². The van der Waals surface area contributed by atoms with Crippen molar-refractivity contribution in [1.82, 2.24) is 9.80 Å². The summed E-state index contributed by atoms with van der Waals surface area (Å²) < 4.78 is 25.6. The second-order valence-corrected chi connectivity index (χ2v) is 12.2. The van der Waals surface area contributed by atoms with Crippen molar-refractivity contribution >= 4 is 39.1 Å². The Kier molecular flexibility index (Phi) is 6.93. The Bertz CT molecular complexity index is 936. The molecule has 1 aromatic carbocycles. The van der Waals surface area contributed by atoms with Gasteiger partial charge in [-0.15, -0.1) is 11.8 Å². The maximum Gasteiger partial charge on any atom is 0.237 e. The molecule has 4 rings (SSSR count). The number of nitrogens with zero attached hydrogens (tertiary/aromatic N) is 2. The smallest absolute Gasteiger partial charge is 0.237 e. The third kappa shape index (κ3) is 5.26. The number of rotatable bonds is 5. The van der Waals surface area contributed by atoms with E-state index >= 15 is 0 Å². The van der Waals surface area contributed by atoms with Crippen LogP contribution in [0.1, 0.15) is 45.4 Å². The van der Waals surface area contributed by atoms with E-state index in [0.29, 0.717) is 24.8 Å². The third-order valence-electron chi connectivity index (χ3n) is 6.58. The Labute approximate surface area is 188 Å². The lowest BCUT2D eigenvalue weighted by Crippen LogP contribution is -2.52. The summed E-state index contributed by atoms with van der Waals surface area (Å²) in [5.74, 6) is -0.442. The number of carbonyl (C=O) groups is 2. The summed E-state index contributed by atoms with van der Waals surface area (Å²) >= 11 is 1.41. The van der Waals surface area contributed by atoms with Crippen LogP contribution in [0.25, 0.3) is 0 Å². The molecule has 1 atom stereocenters. The van der Waals surface area contributed by atoms with E-state index in [4.69, 9.17) is 0 Å². The molecule has 31 heavy (non-hydrogen) atoms. The normalized spacial score (nSPS) is 23.3. The van der Waals surface area contributed by atoms with Crippen molar-refractivity contribution in [1.29, 1.82) is 0 Å². The Morgan fingerprint density at radius 3 is 2.55 bits per heavy atom. The summed E-state index contributed by atoms with van der Waals surface area (Å²) in [6, 6.07) is 5.46.